The smallest absolute Gasteiger partial charge is 0.164 e. The molecule has 2 aromatic carbocycles. The number of aromatic nitrogens is 1. The molecule has 8 nitrogen and oxygen atoms in total. The first-order valence-corrected chi connectivity index (χ1v) is 15.1. The second-order valence-corrected chi connectivity index (χ2v) is 11.6. The van der Waals surface area contributed by atoms with Gasteiger partial charge in [-0.1, -0.05) is 73.0 Å². The van der Waals surface area contributed by atoms with Crippen LogP contribution in [0.25, 0.3) is 12.2 Å². The number of piperazine rings is 1. The van der Waals surface area contributed by atoms with Crippen LogP contribution in [0.2, 0.25) is 0 Å². The second kappa shape index (κ2) is 14.7. The van der Waals surface area contributed by atoms with Crippen LogP contribution in [0.15, 0.2) is 65.2 Å². The summed E-state index contributed by atoms with van der Waals surface area (Å²) < 4.78 is 16.3. The zero-order chi connectivity index (χ0) is 29.2. The molecule has 2 aliphatic rings. The third-order valence-electron chi connectivity index (χ3n) is 8.49. The van der Waals surface area contributed by atoms with Crippen LogP contribution in [0.5, 0.6) is 5.75 Å². The maximum absolute atomic E-state index is 13.2. The summed E-state index contributed by atoms with van der Waals surface area (Å²) in [6, 6.07) is 19.3. The van der Waals surface area contributed by atoms with Gasteiger partial charge in [-0.3, -0.25) is 14.6 Å². The number of methoxy groups -OCH3 is 1. The molecule has 8 heteroatoms. The highest BCUT2D eigenvalue weighted by molar-refractivity contribution is 5.96. The molecule has 1 saturated carbocycles. The van der Waals surface area contributed by atoms with E-state index in [0.29, 0.717) is 31.1 Å². The highest BCUT2D eigenvalue weighted by atomic mass is 16.5. The van der Waals surface area contributed by atoms with E-state index in [1.165, 1.54) is 19.3 Å². The predicted octanol–water partition coefficient (Wildman–Crippen LogP) is 5.32. The highest BCUT2D eigenvalue weighted by Gasteiger charge is 2.41. The van der Waals surface area contributed by atoms with E-state index in [2.05, 4.69) is 15.0 Å². The first-order valence-electron chi connectivity index (χ1n) is 15.1. The van der Waals surface area contributed by atoms with Gasteiger partial charge in [-0.25, -0.2) is 0 Å². The standard InChI is InChI=1S/C34H43N3O5/c1-40-25-29-22-32(42-35-29)14-13-27-9-8-12-31(21-27)41-26-30(38)24-36-17-19-37(20-18-36)34(15-6-3-7-16-34)23-33(39)28-10-4-2-5-11-28/h2,4-5,8-14,21-22,30,38H,3,6-7,15-20,23-26H2,1H3/b14-13+. The van der Waals surface area contributed by atoms with Crippen molar-refractivity contribution in [3.05, 3.63) is 83.2 Å². The van der Waals surface area contributed by atoms with Crippen molar-refractivity contribution in [2.24, 2.45) is 0 Å². The molecule has 1 aromatic heterocycles. The number of aliphatic hydroxyl groups excluding tert-OH is 1. The third kappa shape index (κ3) is 8.16. The molecule has 3 aromatic rings. The largest absolute Gasteiger partial charge is 0.491 e. The van der Waals surface area contributed by atoms with E-state index >= 15 is 0 Å². The molecule has 5 rings (SSSR count). The SMILES string of the molecule is COCc1cc(/C=C/c2cccc(OCC(O)CN3CCN(C4(CC(=O)c5ccccc5)CCCCC4)CC3)c2)on1. The molecule has 1 saturated heterocycles. The summed E-state index contributed by atoms with van der Waals surface area (Å²) in [6.07, 6.45) is 9.59. The lowest BCUT2D eigenvalue weighted by molar-refractivity contribution is -0.0102. The van der Waals surface area contributed by atoms with Crippen LogP contribution in [-0.4, -0.2) is 83.9 Å². The first kappa shape index (κ1) is 30.2. The summed E-state index contributed by atoms with van der Waals surface area (Å²) in [7, 11) is 1.62. The van der Waals surface area contributed by atoms with Gasteiger partial charge in [-0.2, -0.15) is 0 Å². The molecule has 2 heterocycles. The van der Waals surface area contributed by atoms with E-state index in [0.717, 1.165) is 55.8 Å². The molecule has 0 spiro atoms. The second-order valence-electron chi connectivity index (χ2n) is 11.6. The monoisotopic (exact) mass is 573 g/mol. The number of hydrogen-bond donors (Lipinski definition) is 1. The third-order valence-corrected chi connectivity index (χ3v) is 8.49. The van der Waals surface area contributed by atoms with E-state index in [1.54, 1.807) is 7.11 Å². The van der Waals surface area contributed by atoms with Crippen LogP contribution in [0.1, 0.15) is 65.9 Å². The maximum Gasteiger partial charge on any atom is 0.164 e. The molecule has 2 fully saturated rings. The number of rotatable bonds is 13. The van der Waals surface area contributed by atoms with Crippen molar-refractivity contribution >= 4 is 17.9 Å². The molecule has 0 bridgehead atoms. The molecule has 0 amide bonds. The Morgan fingerprint density at radius 2 is 1.81 bits per heavy atom. The van der Waals surface area contributed by atoms with Gasteiger partial charge >= 0.3 is 0 Å². The number of nitrogens with zero attached hydrogens (tertiary/aromatic N) is 3. The maximum atomic E-state index is 13.2. The molecule has 1 atom stereocenters. The van der Waals surface area contributed by atoms with Crippen molar-refractivity contribution in [1.82, 2.24) is 15.0 Å². The fourth-order valence-corrected chi connectivity index (χ4v) is 6.30. The zero-order valence-electron chi connectivity index (χ0n) is 24.6. The minimum atomic E-state index is -0.590. The highest BCUT2D eigenvalue weighted by Crippen LogP contribution is 2.38. The lowest BCUT2D eigenvalue weighted by atomic mass is 9.75. The molecule has 1 aliphatic carbocycles. The van der Waals surface area contributed by atoms with Gasteiger partial charge in [0.2, 0.25) is 0 Å². The topological polar surface area (TPSA) is 88.3 Å². The molecule has 42 heavy (non-hydrogen) atoms. The van der Waals surface area contributed by atoms with Crippen LogP contribution in [0, 0.1) is 0 Å². The number of ether oxygens (including phenoxy) is 2. The Hall–Kier alpha value is -3.30. The van der Waals surface area contributed by atoms with Crippen molar-refractivity contribution in [3.63, 3.8) is 0 Å². The number of carbonyl (C=O) groups is 1. The van der Waals surface area contributed by atoms with Crippen LogP contribution >= 0.6 is 0 Å². The summed E-state index contributed by atoms with van der Waals surface area (Å²) in [5.74, 6) is 1.61. The first-order chi connectivity index (χ1) is 20.5. The van der Waals surface area contributed by atoms with Crippen molar-refractivity contribution < 1.29 is 23.9 Å². The Bertz CT molecular complexity index is 1290. The lowest BCUT2D eigenvalue weighted by Crippen LogP contribution is -2.59. The van der Waals surface area contributed by atoms with Gasteiger partial charge in [0.25, 0.3) is 0 Å². The fourth-order valence-electron chi connectivity index (χ4n) is 6.30. The summed E-state index contributed by atoms with van der Waals surface area (Å²) in [4.78, 5) is 18.1. The van der Waals surface area contributed by atoms with Crippen LogP contribution in [-0.2, 0) is 11.3 Å². The van der Waals surface area contributed by atoms with Crippen LogP contribution in [0.4, 0.5) is 0 Å². The number of carbonyl (C=O) groups excluding carboxylic acids is 1. The Morgan fingerprint density at radius 1 is 1.02 bits per heavy atom. The Morgan fingerprint density at radius 3 is 2.57 bits per heavy atom. The van der Waals surface area contributed by atoms with Gasteiger partial charge < -0.3 is 19.1 Å². The molecule has 1 aliphatic heterocycles. The number of benzene rings is 2. The van der Waals surface area contributed by atoms with Crippen molar-refractivity contribution in [2.45, 2.75) is 56.8 Å². The number of hydrogen-bond acceptors (Lipinski definition) is 8. The Labute approximate surface area is 248 Å². The predicted molar refractivity (Wildman–Crippen MR) is 163 cm³/mol. The summed E-state index contributed by atoms with van der Waals surface area (Å²) in [5.41, 5.74) is 2.48. The Balaban J connectivity index is 1.09. The van der Waals surface area contributed by atoms with Crippen LogP contribution < -0.4 is 4.74 Å². The minimum Gasteiger partial charge on any atom is -0.491 e. The van der Waals surface area contributed by atoms with Gasteiger partial charge in [0.15, 0.2) is 11.5 Å². The van der Waals surface area contributed by atoms with Crippen LogP contribution in [0.3, 0.4) is 0 Å². The van der Waals surface area contributed by atoms with Gasteiger partial charge in [0, 0.05) is 63.4 Å². The molecule has 1 unspecified atom stereocenters. The lowest BCUT2D eigenvalue weighted by Gasteiger charge is -2.50. The normalized spacial score (nSPS) is 18.7. The van der Waals surface area contributed by atoms with E-state index in [9.17, 15) is 9.90 Å². The average Bonchev–Trinajstić information content (AvgIpc) is 3.48. The quantitative estimate of drug-likeness (QED) is 0.275. The molecule has 0 radical (unpaired) electrons. The van der Waals surface area contributed by atoms with E-state index in [1.807, 2.05) is 72.8 Å². The van der Waals surface area contributed by atoms with Gasteiger partial charge in [-0.15, -0.1) is 0 Å². The van der Waals surface area contributed by atoms with Crippen molar-refractivity contribution in [1.29, 1.82) is 0 Å². The van der Waals surface area contributed by atoms with Gasteiger partial charge in [0.05, 0.1) is 6.61 Å². The molecule has 224 valence electrons. The minimum absolute atomic E-state index is 0.0435. The van der Waals surface area contributed by atoms with Crippen molar-refractivity contribution in [3.8, 4) is 5.75 Å². The van der Waals surface area contributed by atoms with Gasteiger partial charge in [-0.05, 0) is 36.6 Å². The molecule has 1 N–H and O–H groups in total. The number of β-amino-alcohol motifs (C(OH)–C–C–N with tert-alkyl or cyclic N) is 1. The van der Waals surface area contributed by atoms with E-state index in [-0.39, 0.29) is 17.9 Å². The average molecular weight is 574 g/mol. The summed E-state index contributed by atoms with van der Waals surface area (Å²) in [6.45, 7) is 4.81. The Kier molecular flexibility index (Phi) is 10.6. The number of aliphatic hydroxyl groups is 1. The van der Waals surface area contributed by atoms with E-state index < -0.39 is 6.10 Å². The number of Topliss-reactive ketones (excluding diaryl/α,β-unsaturated/α-hetero) is 1. The fraction of sp³-hybridized carbons (Fsp3) is 0.471. The van der Waals surface area contributed by atoms with Crippen molar-refractivity contribution in [2.75, 3.05) is 46.4 Å². The van der Waals surface area contributed by atoms with E-state index in [4.69, 9.17) is 14.0 Å². The summed E-state index contributed by atoms with van der Waals surface area (Å²) >= 11 is 0. The van der Waals surface area contributed by atoms with Gasteiger partial charge in [0.1, 0.15) is 24.2 Å². The zero-order valence-corrected chi connectivity index (χ0v) is 24.6. The molecular formula is C34H43N3O5. The number of ketones is 1. The summed E-state index contributed by atoms with van der Waals surface area (Å²) in [5, 5.41) is 14.7. The molecular weight excluding hydrogens is 530 g/mol.